The smallest absolute Gasteiger partial charge is 0.276 e. The van der Waals surface area contributed by atoms with Gasteiger partial charge >= 0.3 is 0 Å². The summed E-state index contributed by atoms with van der Waals surface area (Å²) in [5.74, 6) is -0.552. The van der Waals surface area contributed by atoms with Crippen LogP contribution < -0.4 is 15.6 Å². The first-order valence-corrected chi connectivity index (χ1v) is 8.48. The Kier molecular flexibility index (Phi) is 6.64. The average Bonchev–Trinajstić information content (AvgIpc) is 3.03. The molecule has 0 saturated carbocycles. The standard InChI is InChI=1S/C15H12BrClN2O3S/c16-10-3-5-13(12(17)8-10)22-9-15(21)19-18-14(20)6-4-11-2-1-7-23-11/h1-8H,9H2,(H,18,20)(H,19,21)/b6-4+. The van der Waals surface area contributed by atoms with Gasteiger partial charge in [-0.2, -0.15) is 0 Å². The van der Waals surface area contributed by atoms with Crippen LogP contribution in [0.1, 0.15) is 4.88 Å². The summed E-state index contributed by atoms with van der Waals surface area (Å²) in [6.45, 7) is -0.268. The van der Waals surface area contributed by atoms with Crippen molar-refractivity contribution in [2.45, 2.75) is 0 Å². The van der Waals surface area contributed by atoms with Crippen molar-refractivity contribution in [3.05, 3.63) is 56.2 Å². The summed E-state index contributed by atoms with van der Waals surface area (Å²) >= 11 is 10.7. The normalized spacial score (nSPS) is 10.5. The molecule has 0 aliphatic rings. The van der Waals surface area contributed by atoms with E-state index >= 15 is 0 Å². The van der Waals surface area contributed by atoms with Crippen molar-refractivity contribution < 1.29 is 14.3 Å². The Morgan fingerprint density at radius 3 is 2.83 bits per heavy atom. The van der Waals surface area contributed by atoms with Gasteiger partial charge in [0.1, 0.15) is 5.75 Å². The quantitative estimate of drug-likeness (QED) is 0.581. The number of carbonyl (C=O) groups is 2. The fourth-order valence-corrected chi connectivity index (χ4v) is 2.83. The molecule has 0 unspecified atom stereocenters. The van der Waals surface area contributed by atoms with Crippen molar-refractivity contribution in [3.8, 4) is 5.75 Å². The molecular formula is C15H12BrClN2O3S. The van der Waals surface area contributed by atoms with E-state index in [9.17, 15) is 9.59 Å². The highest BCUT2D eigenvalue weighted by molar-refractivity contribution is 9.10. The van der Waals surface area contributed by atoms with Gasteiger partial charge in [0.25, 0.3) is 11.8 Å². The number of carbonyl (C=O) groups excluding carboxylic acids is 2. The van der Waals surface area contributed by atoms with E-state index in [4.69, 9.17) is 16.3 Å². The van der Waals surface area contributed by atoms with Crippen LogP contribution in [0.25, 0.3) is 6.08 Å². The van der Waals surface area contributed by atoms with Crippen LogP contribution >= 0.6 is 38.9 Å². The molecule has 1 aromatic carbocycles. The van der Waals surface area contributed by atoms with Gasteiger partial charge in [-0.05, 0) is 35.7 Å². The highest BCUT2D eigenvalue weighted by atomic mass is 79.9. The van der Waals surface area contributed by atoms with E-state index in [2.05, 4.69) is 26.8 Å². The molecule has 0 aliphatic carbocycles. The minimum absolute atomic E-state index is 0.268. The van der Waals surface area contributed by atoms with E-state index in [1.807, 2.05) is 17.5 Å². The van der Waals surface area contributed by atoms with Gasteiger partial charge in [-0.1, -0.05) is 33.6 Å². The summed E-state index contributed by atoms with van der Waals surface area (Å²) in [5, 5.41) is 2.29. The number of hydrogen-bond donors (Lipinski definition) is 2. The Morgan fingerprint density at radius 2 is 2.13 bits per heavy atom. The molecule has 2 aromatic rings. The number of thiophene rings is 1. The van der Waals surface area contributed by atoms with Crippen molar-refractivity contribution in [1.82, 2.24) is 10.9 Å². The van der Waals surface area contributed by atoms with Gasteiger partial charge in [0, 0.05) is 15.4 Å². The molecule has 0 aliphatic heterocycles. The molecule has 120 valence electrons. The molecule has 5 nitrogen and oxygen atoms in total. The molecule has 0 atom stereocenters. The predicted molar refractivity (Wildman–Crippen MR) is 94.3 cm³/mol. The van der Waals surface area contributed by atoms with Crippen LogP contribution in [-0.4, -0.2) is 18.4 Å². The highest BCUT2D eigenvalue weighted by Gasteiger charge is 2.07. The minimum atomic E-state index is -0.498. The molecule has 0 bridgehead atoms. The third kappa shape index (κ3) is 6.05. The first kappa shape index (κ1) is 17.5. The second-order valence-corrected chi connectivity index (χ2v) is 6.55. The first-order valence-electron chi connectivity index (χ1n) is 6.43. The summed E-state index contributed by atoms with van der Waals surface area (Å²) in [7, 11) is 0. The lowest BCUT2D eigenvalue weighted by molar-refractivity contribution is -0.128. The molecule has 2 N–H and O–H groups in total. The Balaban J connectivity index is 1.73. The Hall–Kier alpha value is -1.83. The van der Waals surface area contributed by atoms with Gasteiger partial charge < -0.3 is 4.74 Å². The van der Waals surface area contributed by atoms with Gasteiger partial charge in [-0.25, -0.2) is 0 Å². The Bertz CT molecular complexity index is 720. The SMILES string of the molecule is O=C(/C=C/c1cccs1)NNC(=O)COc1ccc(Br)cc1Cl. The minimum Gasteiger partial charge on any atom is -0.482 e. The molecule has 0 spiro atoms. The van der Waals surface area contributed by atoms with E-state index in [-0.39, 0.29) is 6.61 Å². The summed E-state index contributed by atoms with van der Waals surface area (Å²) in [6, 6.07) is 8.81. The van der Waals surface area contributed by atoms with E-state index in [1.165, 1.54) is 17.4 Å². The van der Waals surface area contributed by atoms with Gasteiger partial charge in [0.05, 0.1) is 5.02 Å². The number of nitrogens with one attached hydrogen (secondary N) is 2. The van der Waals surface area contributed by atoms with Crippen molar-refractivity contribution >= 4 is 56.8 Å². The number of benzene rings is 1. The van der Waals surface area contributed by atoms with Crippen molar-refractivity contribution in [1.29, 1.82) is 0 Å². The third-order valence-electron chi connectivity index (χ3n) is 2.52. The van der Waals surface area contributed by atoms with Crippen molar-refractivity contribution in [3.63, 3.8) is 0 Å². The summed E-state index contributed by atoms with van der Waals surface area (Å²) in [4.78, 5) is 24.1. The van der Waals surface area contributed by atoms with Crippen LogP contribution in [-0.2, 0) is 9.59 Å². The number of amides is 2. The van der Waals surface area contributed by atoms with Crippen LogP contribution in [0.15, 0.2) is 46.3 Å². The topological polar surface area (TPSA) is 67.4 Å². The largest absolute Gasteiger partial charge is 0.482 e. The van der Waals surface area contributed by atoms with Crippen molar-refractivity contribution in [2.24, 2.45) is 0 Å². The van der Waals surface area contributed by atoms with E-state index in [1.54, 1.807) is 24.3 Å². The molecule has 0 fully saturated rings. The van der Waals surface area contributed by atoms with E-state index < -0.39 is 11.8 Å². The van der Waals surface area contributed by atoms with E-state index in [0.717, 1.165) is 9.35 Å². The fraction of sp³-hybridized carbons (Fsp3) is 0.0667. The lowest BCUT2D eigenvalue weighted by atomic mass is 10.3. The van der Waals surface area contributed by atoms with Gasteiger partial charge in [-0.3, -0.25) is 20.4 Å². The Labute approximate surface area is 150 Å². The van der Waals surface area contributed by atoms with Crippen LogP contribution in [0.2, 0.25) is 5.02 Å². The number of rotatable bonds is 5. The van der Waals surface area contributed by atoms with Crippen LogP contribution in [0.5, 0.6) is 5.75 Å². The molecule has 2 rings (SSSR count). The molecule has 23 heavy (non-hydrogen) atoms. The molecule has 0 saturated heterocycles. The second-order valence-electron chi connectivity index (χ2n) is 4.25. The predicted octanol–water partition coefficient (Wildman–Crippen LogP) is 3.40. The zero-order chi connectivity index (χ0) is 16.7. The number of halogens is 2. The maximum Gasteiger partial charge on any atom is 0.276 e. The molecule has 8 heteroatoms. The lowest BCUT2D eigenvalue weighted by Gasteiger charge is -2.09. The maximum atomic E-state index is 11.6. The Morgan fingerprint density at radius 1 is 1.30 bits per heavy atom. The monoisotopic (exact) mass is 414 g/mol. The second kappa shape index (κ2) is 8.71. The summed E-state index contributed by atoms with van der Waals surface area (Å²) < 4.78 is 6.08. The lowest BCUT2D eigenvalue weighted by Crippen LogP contribution is -2.43. The average molecular weight is 416 g/mol. The molecule has 0 radical (unpaired) electrons. The molecule has 1 heterocycles. The number of hydrogen-bond acceptors (Lipinski definition) is 4. The highest BCUT2D eigenvalue weighted by Crippen LogP contribution is 2.27. The van der Waals surface area contributed by atoms with Crippen LogP contribution in [0, 0.1) is 0 Å². The molecule has 1 aromatic heterocycles. The first-order chi connectivity index (χ1) is 11.0. The van der Waals surface area contributed by atoms with Gasteiger partial charge in [0.2, 0.25) is 0 Å². The van der Waals surface area contributed by atoms with E-state index in [0.29, 0.717) is 10.8 Å². The fourth-order valence-electron chi connectivity index (χ4n) is 1.49. The molecular weight excluding hydrogens is 404 g/mol. The van der Waals surface area contributed by atoms with Crippen molar-refractivity contribution in [2.75, 3.05) is 6.61 Å². The van der Waals surface area contributed by atoms with Gasteiger partial charge in [-0.15, -0.1) is 11.3 Å². The third-order valence-corrected chi connectivity index (χ3v) is 4.15. The van der Waals surface area contributed by atoms with Crippen LogP contribution in [0.3, 0.4) is 0 Å². The molecule has 2 amide bonds. The maximum absolute atomic E-state index is 11.6. The summed E-state index contributed by atoms with van der Waals surface area (Å²) in [5.41, 5.74) is 4.51. The number of ether oxygens (including phenoxy) is 1. The summed E-state index contributed by atoms with van der Waals surface area (Å²) in [6.07, 6.45) is 2.99. The van der Waals surface area contributed by atoms with Crippen LogP contribution in [0.4, 0.5) is 0 Å². The number of hydrazine groups is 1. The van der Waals surface area contributed by atoms with Gasteiger partial charge in [0.15, 0.2) is 6.61 Å². The zero-order valence-electron chi connectivity index (χ0n) is 11.7. The zero-order valence-corrected chi connectivity index (χ0v) is 14.9.